The van der Waals surface area contributed by atoms with Crippen molar-refractivity contribution in [2.24, 2.45) is 0 Å². The molecule has 1 N–H and O–H groups in total. The lowest BCUT2D eigenvalue weighted by atomic mass is 10.0. The van der Waals surface area contributed by atoms with Crippen LogP contribution in [0.5, 0.6) is 0 Å². The van der Waals surface area contributed by atoms with Crippen molar-refractivity contribution >= 4 is 30.1 Å². The first-order valence-electron chi connectivity index (χ1n) is 9.31. The van der Waals surface area contributed by atoms with Crippen LogP contribution < -0.4 is 5.32 Å². The van der Waals surface area contributed by atoms with E-state index in [0.717, 1.165) is 37.2 Å². The second kappa shape index (κ2) is 10.2. The molecule has 0 aliphatic carbocycles. The monoisotopic (exact) mass is 404 g/mol. The molecule has 1 fully saturated rings. The fourth-order valence-corrected chi connectivity index (χ4v) is 4.43. The van der Waals surface area contributed by atoms with Gasteiger partial charge in [-0.05, 0) is 69.1 Å². The van der Waals surface area contributed by atoms with Gasteiger partial charge in [0.2, 0.25) is 0 Å². The van der Waals surface area contributed by atoms with Crippen molar-refractivity contribution < 1.29 is 4.79 Å². The van der Waals surface area contributed by atoms with Crippen LogP contribution >= 0.6 is 24.2 Å². The number of aryl methyl sites for hydroxylation is 2. The zero-order valence-electron chi connectivity index (χ0n) is 16.3. The second-order valence-corrected chi connectivity index (χ2v) is 8.17. The fraction of sp³-hybridized carbons (Fsp3) is 0.409. The Balaban J connectivity index is 0.00000261. The summed E-state index contributed by atoms with van der Waals surface area (Å²) in [5.74, 6) is 1.01. The quantitative estimate of drug-likeness (QED) is 0.723. The van der Waals surface area contributed by atoms with Gasteiger partial charge < -0.3 is 10.2 Å². The Morgan fingerprint density at radius 1 is 1.15 bits per heavy atom. The zero-order valence-corrected chi connectivity index (χ0v) is 18.0. The van der Waals surface area contributed by atoms with E-state index in [9.17, 15) is 4.79 Å². The first kappa shape index (κ1) is 21.8. The van der Waals surface area contributed by atoms with Crippen LogP contribution in [0.15, 0.2) is 47.4 Å². The predicted molar refractivity (Wildman–Crippen MR) is 117 cm³/mol. The number of amides is 1. The van der Waals surface area contributed by atoms with Crippen molar-refractivity contribution in [2.75, 3.05) is 20.1 Å². The van der Waals surface area contributed by atoms with E-state index in [1.165, 1.54) is 21.6 Å². The Morgan fingerprint density at radius 3 is 2.59 bits per heavy atom. The summed E-state index contributed by atoms with van der Waals surface area (Å²) in [6.45, 7) is 6.27. The van der Waals surface area contributed by atoms with Gasteiger partial charge in [0.05, 0.1) is 0 Å². The number of nitrogens with one attached hydrogen (secondary N) is 1. The van der Waals surface area contributed by atoms with E-state index in [1.54, 1.807) is 0 Å². The molecule has 0 bridgehead atoms. The summed E-state index contributed by atoms with van der Waals surface area (Å²) in [5.41, 5.74) is 4.59. The molecule has 0 unspecified atom stereocenters. The molecule has 27 heavy (non-hydrogen) atoms. The van der Waals surface area contributed by atoms with Crippen molar-refractivity contribution in [2.45, 2.75) is 43.4 Å². The van der Waals surface area contributed by atoms with Crippen LogP contribution in [0, 0.1) is 13.8 Å². The molecule has 1 aliphatic heterocycles. The van der Waals surface area contributed by atoms with Gasteiger partial charge in [-0.25, -0.2) is 0 Å². The molecule has 0 aromatic heterocycles. The molecule has 2 aromatic carbocycles. The molecule has 0 spiro atoms. The van der Waals surface area contributed by atoms with Crippen molar-refractivity contribution in [3.05, 3.63) is 64.7 Å². The van der Waals surface area contributed by atoms with Crippen LogP contribution in [0.3, 0.4) is 0 Å². The van der Waals surface area contributed by atoms with Crippen molar-refractivity contribution in [3.63, 3.8) is 0 Å². The number of carbonyl (C=O) groups is 1. The van der Waals surface area contributed by atoms with Crippen LogP contribution in [0.25, 0.3) is 0 Å². The fourth-order valence-electron chi connectivity index (χ4n) is 3.48. The molecule has 0 atom stereocenters. The Kier molecular flexibility index (Phi) is 8.21. The average molecular weight is 405 g/mol. The first-order chi connectivity index (χ1) is 12.5. The average Bonchev–Trinajstić information content (AvgIpc) is 2.67. The number of hydrogen-bond acceptors (Lipinski definition) is 3. The molecule has 1 aliphatic rings. The largest absolute Gasteiger partial charge is 0.339 e. The van der Waals surface area contributed by atoms with Gasteiger partial charge in [0.25, 0.3) is 5.91 Å². The Labute approximate surface area is 173 Å². The highest BCUT2D eigenvalue weighted by Gasteiger charge is 2.22. The number of piperidine rings is 1. The van der Waals surface area contributed by atoms with E-state index >= 15 is 0 Å². The highest BCUT2D eigenvalue weighted by Crippen LogP contribution is 2.27. The molecule has 2 aromatic rings. The van der Waals surface area contributed by atoms with Gasteiger partial charge in [-0.2, -0.15) is 0 Å². The van der Waals surface area contributed by atoms with Gasteiger partial charge in [0, 0.05) is 29.3 Å². The second-order valence-electron chi connectivity index (χ2n) is 7.16. The van der Waals surface area contributed by atoms with E-state index in [-0.39, 0.29) is 18.3 Å². The summed E-state index contributed by atoms with van der Waals surface area (Å²) >= 11 is 1.83. The maximum Gasteiger partial charge on any atom is 0.253 e. The maximum atomic E-state index is 12.9. The molecule has 3 nitrogen and oxygen atoms in total. The number of rotatable bonds is 5. The van der Waals surface area contributed by atoms with Crippen LogP contribution in [0.2, 0.25) is 0 Å². The van der Waals surface area contributed by atoms with Crippen molar-refractivity contribution in [1.82, 2.24) is 10.2 Å². The Bertz CT molecular complexity index is 775. The van der Waals surface area contributed by atoms with E-state index in [4.69, 9.17) is 0 Å². The number of hydrogen-bond donors (Lipinski definition) is 1. The van der Waals surface area contributed by atoms with Crippen molar-refractivity contribution in [3.8, 4) is 0 Å². The minimum absolute atomic E-state index is 0. The molecule has 1 saturated heterocycles. The number of nitrogens with zero attached hydrogens (tertiary/aromatic N) is 1. The van der Waals surface area contributed by atoms with E-state index in [0.29, 0.717) is 6.04 Å². The minimum Gasteiger partial charge on any atom is -0.339 e. The van der Waals surface area contributed by atoms with Crippen LogP contribution in [0.1, 0.15) is 39.9 Å². The smallest absolute Gasteiger partial charge is 0.253 e. The highest BCUT2D eigenvalue weighted by atomic mass is 35.5. The molecular formula is C22H29ClN2OS. The highest BCUT2D eigenvalue weighted by molar-refractivity contribution is 7.98. The van der Waals surface area contributed by atoms with Gasteiger partial charge in [0.1, 0.15) is 0 Å². The lowest BCUT2D eigenvalue weighted by Crippen LogP contribution is -2.43. The van der Waals surface area contributed by atoms with Gasteiger partial charge in [-0.15, -0.1) is 24.2 Å². The molecule has 3 rings (SSSR count). The summed E-state index contributed by atoms with van der Waals surface area (Å²) in [4.78, 5) is 16.1. The van der Waals surface area contributed by atoms with E-state index in [1.807, 2.05) is 35.8 Å². The third-order valence-corrected chi connectivity index (χ3v) is 6.32. The predicted octanol–water partition coefficient (Wildman–Crippen LogP) is 4.84. The SMILES string of the molecule is Cc1ccc(SCc2cccc(C(=O)N(C)C3CCNCC3)c2)c(C)c1.Cl. The lowest BCUT2D eigenvalue weighted by Gasteiger charge is -2.31. The third kappa shape index (κ3) is 5.74. The lowest BCUT2D eigenvalue weighted by molar-refractivity contribution is 0.0703. The number of carbonyl (C=O) groups excluding carboxylic acids is 1. The third-order valence-electron chi connectivity index (χ3n) is 5.08. The molecule has 0 radical (unpaired) electrons. The standard InChI is InChI=1S/C22H28N2OS.ClH/c1-16-7-8-21(17(2)13-16)26-15-18-5-4-6-19(14-18)22(25)24(3)20-9-11-23-12-10-20;/h4-8,13-14,20,23H,9-12,15H2,1-3H3;1H. The molecular weight excluding hydrogens is 376 g/mol. The van der Waals surface area contributed by atoms with Gasteiger partial charge in [-0.3, -0.25) is 4.79 Å². The van der Waals surface area contributed by atoms with Gasteiger partial charge in [0.15, 0.2) is 0 Å². The minimum atomic E-state index is 0. The normalized spacial score (nSPS) is 14.5. The van der Waals surface area contributed by atoms with Crippen LogP contribution in [0.4, 0.5) is 0 Å². The number of thioether (sulfide) groups is 1. The topological polar surface area (TPSA) is 32.3 Å². The van der Waals surface area contributed by atoms with Gasteiger partial charge >= 0.3 is 0 Å². The van der Waals surface area contributed by atoms with Crippen LogP contribution in [-0.2, 0) is 5.75 Å². The van der Waals surface area contributed by atoms with E-state index in [2.05, 4.69) is 49.5 Å². The maximum absolute atomic E-state index is 12.9. The first-order valence-corrected chi connectivity index (χ1v) is 10.3. The van der Waals surface area contributed by atoms with Gasteiger partial charge in [-0.1, -0.05) is 29.8 Å². The molecule has 5 heteroatoms. The zero-order chi connectivity index (χ0) is 18.5. The van der Waals surface area contributed by atoms with Crippen LogP contribution in [-0.4, -0.2) is 37.0 Å². The summed E-state index contributed by atoms with van der Waals surface area (Å²) in [7, 11) is 1.94. The molecule has 0 saturated carbocycles. The number of halogens is 1. The summed E-state index contributed by atoms with van der Waals surface area (Å²) in [5, 5.41) is 3.36. The number of benzene rings is 2. The summed E-state index contributed by atoms with van der Waals surface area (Å²) in [6, 6.07) is 15.0. The van der Waals surface area contributed by atoms with E-state index < -0.39 is 0 Å². The molecule has 146 valence electrons. The molecule has 1 heterocycles. The summed E-state index contributed by atoms with van der Waals surface area (Å²) in [6.07, 6.45) is 2.06. The summed E-state index contributed by atoms with van der Waals surface area (Å²) < 4.78 is 0. The molecule has 1 amide bonds. The Morgan fingerprint density at radius 2 is 1.89 bits per heavy atom. The Hall–Kier alpha value is -1.49. The van der Waals surface area contributed by atoms with Crippen molar-refractivity contribution in [1.29, 1.82) is 0 Å².